The second-order valence-electron chi connectivity index (χ2n) is 4.66. The summed E-state index contributed by atoms with van der Waals surface area (Å²) in [5.41, 5.74) is -0.0299. The van der Waals surface area contributed by atoms with Gasteiger partial charge in [0.05, 0.1) is 10.5 Å². The van der Waals surface area contributed by atoms with E-state index in [0.717, 1.165) is 6.42 Å². The van der Waals surface area contributed by atoms with Crippen molar-refractivity contribution in [2.75, 3.05) is 6.54 Å². The Morgan fingerprint density at radius 1 is 1.50 bits per heavy atom. The lowest BCUT2D eigenvalue weighted by atomic mass is 10.2. The molecule has 0 aliphatic heterocycles. The van der Waals surface area contributed by atoms with Crippen LogP contribution in [0.5, 0.6) is 0 Å². The fourth-order valence-electron chi connectivity index (χ4n) is 1.78. The number of aromatic carboxylic acids is 1. The smallest absolute Gasteiger partial charge is 0.335 e. The predicted molar refractivity (Wildman–Crippen MR) is 65.9 cm³/mol. The summed E-state index contributed by atoms with van der Waals surface area (Å²) < 4.78 is 26.4. The first-order valence-corrected chi connectivity index (χ1v) is 7.21. The van der Waals surface area contributed by atoms with Gasteiger partial charge in [-0.3, -0.25) is 0 Å². The maximum atomic E-state index is 11.9. The largest absolute Gasteiger partial charge is 0.478 e. The number of rotatable bonds is 5. The maximum Gasteiger partial charge on any atom is 0.335 e. The van der Waals surface area contributed by atoms with Gasteiger partial charge in [-0.1, -0.05) is 13.0 Å². The molecule has 1 fully saturated rings. The Kier molecular flexibility index (Phi) is 3.41. The van der Waals surface area contributed by atoms with Crippen LogP contribution in [0.2, 0.25) is 0 Å². The highest BCUT2D eigenvalue weighted by atomic mass is 32.2. The van der Waals surface area contributed by atoms with Gasteiger partial charge in [0.25, 0.3) is 0 Å². The van der Waals surface area contributed by atoms with E-state index >= 15 is 0 Å². The van der Waals surface area contributed by atoms with Gasteiger partial charge in [0.15, 0.2) is 0 Å². The summed E-state index contributed by atoms with van der Waals surface area (Å²) in [4.78, 5) is 10.8. The van der Waals surface area contributed by atoms with E-state index in [9.17, 15) is 13.2 Å². The summed E-state index contributed by atoms with van der Waals surface area (Å²) in [6, 6.07) is 5.36. The molecule has 0 bridgehead atoms. The topological polar surface area (TPSA) is 83.5 Å². The molecule has 1 saturated carbocycles. The van der Waals surface area contributed by atoms with Crippen LogP contribution in [0.15, 0.2) is 29.2 Å². The van der Waals surface area contributed by atoms with E-state index in [2.05, 4.69) is 11.6 Å². The van der Waals surface area contributed by atoms with E-state index in [-0.39, 0.29) is 10.5 Å². The Hall–Kier alpha value is -1.40. The molecule has 1 aromatic carbocycles. The Labute approximate surface area is 106 Å². The highest BCUT2D eigenvalue weighted by molar-refractivity contribution is 7.89. The molecule has 0 radical (unpaired) electrons. The minimum Gasteiger partial charge on any atom is -0.478 e. The van der Waals surface area contributed by atoms with Crippen molar-refractivity contribution in [3.8, 4) is 0 Å². The van der Waals surface area contributed by atoms with Gasteiger partial charge < -0.3 is 5.11 Å². The summed E-state index contributed by atoms with van der Waals surface area (Å²) in [7, 11) is -3.61. The van der Waals surface area contributed by atoms with Gasteiger partial charge in [-0.05, 0) is 36.5 Å². The van der Waals surface area contributed by atoms with Gasteiger partial charge in [-0.15, -0.1) is 0 Å². The van der Waals surface area contributed by atoms with Crippen LogP contribution in [0.4, 0.5) is 0 Å². The zero-order valence-corrected chi connectivity index (χ0v) is 10.8. The highest BCUT2D eigenvalue weighted by Gasteiger charge is 2.33. The first-order chi connectivity index (χ1) is 8.40. The van der Waals surface area contributed by atoms with Gasteiger partial charge in [0.2, 0.25) is 10.0 Å². The molecule has 2 N–H and O–H groups in total. The molecular weight excluding hydrogens is 254 g/mol. The fourth-order valence-corrected chi connectivity index (χ4v) is 2.92. The molecule has 1 aliphatic rings. The van der Waals surface area contributed by atoms with E-state index in [1.165, 1.54) is 24.3 Å². The number of benzene rings is 1. The Balaban J connectivity index is 2.13. The van der Waals surface area contributed by atoms with Crippen LogP contribution in [0.3, 0.4) is 0 Å². The molecule has 18 heavy (non-hydrogen) atoms. The van der Waals surface area contributed by atoms with Crippen molar-refractivity contribution in [2.24, 2.45) is 11.8 Å². The van der Waals surface area contributed by atoms with E-state index in [0.29, 0.717) is 18.4 Å². The lowest BCUT2D eigenvalue weighted by molar-refractivity contribution is 0.0696. The van der Waals surface area contributed by atoms with Gasteiger partial charge >= 0.3 is 5.97 Å². The number of nitrogens with one attached hydrogen (secondary N) is 1. The Morgan fingerprint density at radius 3 is 2.72 bits per heavy atom. The summed E-state index contributed by atoms with van der Waals surface area (Å²) in [5, 5.41) is 8.82. The van der Waals surface area contributed by atoms with Gasteiger partial charge in [-0.2, -0.15) is 0 Å². The third kappa shape index (κ3) is 2.88. The van der Waals surface area contributed by atoms with Crippen molar-refractivity contribution in [1.29, 1.82) is 0 Å². The maximum absolute atomic E-state index is 11.9. The second kappa shape index (κ2) is 4.70. The van der Waals surface area contributed by atoms with Crippen molar-refractivity contribution in [1.82, 2.24) is 4.72 Å². The zero-order chi connectivity index (χ0) is 13.3. The van der Waals surface area contributed by atoms with Crippen LogP contribution in [0.25, 0.3) is 0 Å². The molecule has 0 heterocycles. The van der Waals surface area contributed by atoms with Crippen molar-refractivity contribution in [3.63, 3.8) is 0 Å². The van der Waals surface area contributed by atoms with Crippen LogP contribution in [0, 0.1) is 11.8 Å². The van der Waals surface area contributed by atoms with Crippen LogP contribution >= 0.6 is 0 Å². The first kappa shape index (κ1) is 13.0. The second-order valence-corrected chi connectivity index (χ2v) is 6.42. The molecule has 5 nitrogen and oxygen atoms in total. The fraction of sp³-hybridized carbons (Fsp3) is 0.417. The molecule has 0 saturated heterocycles. The first-order valence-electron chi connectivity index (χ1n) is 5.73. The summed E-state index contributed by atoms with van der Waals surface area (Å²) in [5.74, 6) is -0.164. The van der Waals surface area contributed by atoms with Gasteiger partial charge in [-0.25, -0.2) is 17.9 Å². The monoisotopic (exact) mass is 269 g/mol. The molecule has 6 heteroatoms. The lowest BCUT2D eigenvalue weighted by Gasteiger charge is -2.06. The number of hydrogen-bond acceptors (Lipinski definition) is 3. The zero-order valence-electron chi connectivity index (χ0n) is 9.96. The van der Waals surface area contributed by atoms with Crippen LogP contribution in [-0.4, -0.2) is 26.0 Å². The normalized spacial score (nSPS) is 22.7. The minimum absolute atomic E-state index is 0.00398. The van der Waals surface area contributed by atoms with Gasteiger partial charge in [0.1, 0.15) is 0 Å². The van der Waals surface area contributed by atoms with E-state index < -0.39 is 16.0 Å². The molecule has 1 aliphatic carbocycles. The van der Waals surface area contributed by atoms with Crippen molar-refractivity contribution >= 4 is 16.0 Å². The Morgan fingerprint density at radius 2 is 2.17 bits per heavy atom. The third-order valence-electron chi connectivity index (χ3n) is 3.20. The van der Waals surface area contributed by atoms with Crippen LogP contribution in [0.1, 0.15) is 23.7 Å². The molecule has 2 unspecified atom stereocenters. The highest BCUT2D eigenvalue weighted by Crippen LogP contribution is 2.37. The standard InChI is InChI=1S/C12H15NO4S/c1-8-5-10(8)7-13-18(16,17)11-4-2-3-9(6-11)12(14)15/h2-4,6,8,10,13H,5,7H2,1H3,(H,14,15). The quantitative estimate of drug-likeness (QED) is 0.844. The molecule has 0 aromatic heterocycles. The third-order valence-corrected chi connectivity index (χ3v) is 4.62. The molecule has 2 atom stereocenters. The summed E-state index contributed by atoms with van der Waals surface area (Å²) in [6.07, 6.45) is 1.04. The molecule has 0 spiro atoms. The average molecular weight is 269 g/mol. The van der Waals surface area contributed by atoms with E-state index in [4.69, 9.17) is 5.11 Å². The lowest BCUT2D eigenvalue weighted by Crippen LogP contribution is -2.26. The van der Waals surface area contributed by atoms with Crippen molar-refractivity contribution in [3.05, 3.63) is 29.8 Å². The average Bonchev–Trinajstić information content (AvgIpc) is 3.03. The molecular formula is C12H15NO4S. The number of sulfonamides is 1. The van der Waals surface area contributed by atoms with E-state index in [1.54, 1.807) is 0 Å². The van der Waals surface area contributed by atoms with Gasteiger partial charge in [0, 0.05) is 6.54 Å². The number of carboxylic acid groups (broad SMARTS) is 1. The SMILES string of the molecule is CC1CC1CNS(=O)(=O)c1cccc(C(=O)O)c1. The van der Waals surface area contributed by atoms with E-state index in [1.807, 2.05) is 0 Å². The number of carbonyl (C=O) groups is 1. The van der Waals surface area contributed by atoms with Crippen molar-refractivity contribution in [2.45, 2.75) is 18.2 Å². The van der Waals surface area contributed by atoms with Crippen molar-refractivity contribution < 1.29 is 18.3 Å². The molecule has 1 aromatic rings. The molecule has 98 valence electrons. The summed E-state index contributed by atoms with van der Waals surface area (Å²) in [6.45, 7) is 2.49. The number of carboxylic acids is 1. The van der Waals surface area contributed by atoms with Crippen LogP contribution in [-0.2, 0) is 10.0 Å². The minimum atomic E-state index is -3.61. The summed E-state index contributed by atoms with van der Waals surface area (Å²) >= 11 is 0. The Bertz CT molecular complexity index is 567. The number of hydrogen-bond donors (Lipinski definition) is 2. The van der Waals surface area contributed by atoms with Crippen LogP contribution < -0.4 is 4.72 Å². The molecule has 2 rings (SSSR count). The molecule has 0 amide bonds. The predicted octanol–water partition coefficient (Wildman–Crippen LogP) is 1.32.